The first-order valence-corrected chi connectivity index (χ1v) is 12.9. The Morgan fingerprint density at radius 2 is 1.91 bits per heavy atom. The van der Waals surface area contributed by atoms with Crippen LogP contribution in [0.3, 0.4) is 0 Å². The van der Waals surface area contributed by atoms with Crippen LogP contribution in [0.5, 0.6) is 0 Å². The van der Waals surface area contributed by atoms with Crippen LogP contribution in [-0.2, 0) is 35.3 Å². The van der Waals surface area contributed by atoms with Gasteiger partial charge in [0, 0.05) is 22.3 Å². The van der Waals surface area contributed by atoms with Crippen molar-refractivity contribution in [2.45, 2.75) is 72.8 Å². The van der Waals surface area contributed by atoms with Crippen molar-refractivity contribution in [1.29, 1.82) is 0 Å². The zero-order valence-electron chi connectivity index (χ0n) is 20.6. The molecule has 0 spiro atoms. The molecule has 0 bridgehead atoms. The summed E-state index contributed by atoms with van der Waals surface area (Å²) in [6.07, 6.45) is 5.43. The smallest absolute Gasteiger partial charge is 0.341 e. The van der Waals surface area contributed by atoms with Crippen molar-refractivity contribution < 1.29 is 14.3 Å². The third-order valence-corrected chi connectivity index (χ3v) is 7.27. The van der Waals surface area contributed by atoms with Gasteiger partial charge in [0.25, 0.3) is 5.56 Å². The van der Waals surface area contributed by atoms with E-state index in [1.54, 1.807) is 11.6 Å². The Morgan fingerprint density at radius 1 is 1.14 bits per heavy atom. The molecular weight excluding hydrogens is 466 g/mol. The molecule has 0 fully saturated rings. The number of esters is 1. The number of thiophene rings is 1. The maximum atomic E-state index is 13.2. The molecule has 1 N–H and O–H groups in total. The minimum Gasteiger partial charge on any atom is -0.462 e. The normalized spacial score (nSPS) is 13.3. The summed E-state index contributed by atoms with van der Waals surface area (Å²) >= 11 is 1.43. The molecule has 3 aromatic rings. The maximum absolute atomic E-state index is 13.2. The van der Waals surface area contributed by atoms with Crippen LogP contribution in [0.4, 0.5) is 5.00 Å². The van der Waals surface area contributed by atoms with Crippen LogP contribution >= 0.6 is 11.3 Å². The molecule has 0 atom stereocenters. The van der Waals surface area contributed by atoms with Gasteiger partial charge in [0.1, 0.15) is 11.5 Å². The molecule has 4 rings (SSSR count). The number of hydrogen-bond donors (Lipinski definition) is 1. The first-order valence-electron chi connectivity index (χ1n) is 12.1. The molecule has 3 heterocycles. The van der Waals surface area contributed by atoms with Crippen molar-refractivity contribution >= 4 is 28.2 Å². The van der Waals surface area contributed by atoms with Gasteiger partial charge in [-0.2, -0.15) is 5.10 Å². The summed E-state index contributed by atoms with van der Waals surface area (Å²) in [6.45, 7) is 7.42. The van der Waals surface area contributed by atoms with Crippen LogP contribution in [0.15, 0.2) is 16.9 Å². The number of hydrogen-bond acceptors (Lipinski definition) is 7. The fraction of sp³-hybridized carbons (Fsp3) is 0.480. The third kappa shape index (κ3) is 5.22. The quantitative estimate of drug-likeness (QED) is 0.393. The van der Waals surface area contributed by atoms with Crippen LogP contribution in [0, 0.1) is 13.8 Å². The Balaban J connectivity index is 1.69. The van der Waals surface area contributed by atoms with Crippen LogP contribution in [-0.4, -0.2) is 37.8 Å². The van der Waals surface area contributed by atoms with Crippen molar-refractivity contribution in [1.82, 2.24) is 19.3 Å². The van der Waals surface area contributed by atoms with Crippen molar-refractivity contribution in [3.8, 4) is 5.95 Å². The SMILES string of the molecule is CCOC(=O)c1c(NC(=O)Cn2c(-n3nc(C)cc3C)nc(CC)cc2=O)sc2c1CCCCC2. The van der Waals surface area contributed by atoms with Gasteiger partial charge in [-0.1, -0.05) is 13.3 Å². The Labute approximate surface area is 208 Å². The number of nitrogens with one attached hydrogen (secondary N) is 1. The second-order valence-corrected chi connectivity index (χ2v) is 9.81. The number of nitrogens with zero attached hydrogens (tertiary/aromatic N) is 4. The van der Waals surface area contributed by atoms with E-state index in [-0.39, 0.29) is 18.7 Å². The molecule has 1 aliphatic carbocycles. The summed E-state index contributed by atoms with van der Waals surface area (Å²) in [7, 11) is 0. The predicted molar refractivity (Wildman–Crippen MR) is 135 cm³/mol. The molecule has 186 valence electrons. The molecule has 9 nitrogen and oxygen atoms in total. The summed E-state index contributed by atoms with van der Waals surface area (Å²) in [5.41, 5.74) is 3.32. The van der Waals surface area contributed by atoms with E-state index >= 15 is 0 Å². The topological polar surface area (TPSA) is 108 Å². The molecule has 1 aliphatic rings. The van der Waals surface area contributed by atoms with E-state index in [2.05, 4.69) is 15.4 Å². The van der Waals surface area contributed by atoms with Gasteiger partial charge >= 0.3 is 5.97 Å². The molecule has 0 unspecified atom stereocenters. The first kappa shape index (κ1) is 24.8. The Kier molecular flexibility index (Phi) is 7.49. The highest BCUT2D eigenvalue weighted by atomic mass is 32.1. The number of carbonyl (C=O) groups excluding carboxylic acids is 2. The first-order chi connectivity index (χ1) is 16.8. The minimum absolute atomic E-state index is 0.256. The lowest BCUT2D eigenvalue weighted by molar-refractivity contribution is -0.116. The monoisotopic (exact) mass is 497 g/mol. The number of ether oxygens (including phenoxy) is 1. The third-order valence-electron chi connectivity index (χ3n) is 6.06. The van der Waals surface area contributed by atoms with E-state index in [0.29, 0.717) is 28.6 Å². The van der Waals surface area contributed by atoms with Gasteiger partial charge in [-0.3, -0.25) is 14.2 Å². The second-order valence-electron chi connectivity index (χ2n) is 8.70. The predicted octanol–water partition coefficient (Wildman–Crippen LogP) is 3.75. The van der Waals surface area contributed by atoms with E-state index < -0.39 is 11.9 Å². The average Bonchev–Trinajstić information content (AvgIpc) is 3.23. The zero-order chi connectivity index (χ0) is 25.1. The van der Waals surface area contributed by atoms with E-state index in [1.165, 1.54) is 22.0 Å². The van der Waals surface area contributed by atoms with Crippen molar-refractivity contribution in [3.63, 3.8) is 0 Å². The second kappa shape index (κ2) is 10.6. The van der Waals surface area contributed by atoms with Crippen molar-refractivity contribution in [2.75, 3.05) is 11.9 Å². The summed E-state index contributed by atoms with van der Waals surface area (Å²) in [6, 6.07) is 3.33. The molecule has 0 saturated carbocycles. The van der Waals surface area contributed by atoms with Gasteiger partial charge in [-0.15, -0.1) is 11.3 Å². The summed E-state index contributed by atoms with van der Waals surface area (Å²) in [5.74, 6) is -0.540. The van der Waals surface area contributed by atoms with Crippen LogP contribution in [0.1, 0.15) is 71.0 Å². The Bertz CT molecular complexity index is 1320. The number of fused-ring (bicyclic) bond motifs is 1. The van der Waals surface area contributed by atoms with Gasteiger partial charge in [-0.25, -0.2) is 14.5 Å². The Morgan fingerprint density at radius 3 is 2.60 bits per heavy atom. The van der Waals surface area contributed by atoms with E-state index in [1.807, 2.05) is 26.8 Å². The molecule has 1 amide bonds. The molecule has 0 radical (unpaired) electrons. The van der Waals surface area contributed by atoms with E-state index in [4.69, 9.17) is 4.74 Å². The van der Waals surface area contributed by atoms with Gasteiger partial charge in [0.05, 0.1) is 17.9 Å². The van der Waals surface area contributed by atoms with Gasteiger partial charge in [-0.05, 0) is 64.5 Å². The van der Waals surface area contributed by atoms with E-state index in [9.17, 15) is 14.4 Å². The van der Waals surface area contributed by atoms with E-state index in [0.717, 1.165) is 53.9 Å². The number of carbonyl (C=O) groups is 2. The molecule has 10 heteroatoms. The molecule has 0 aromatic carbocycles. The standard InChI is InChI=1S/C25H31N5O4S/c1-5-17-13-21(32)29(25(26-17)30-16(4)12-15(3)28-30)14-20(31)27-23-22(24(33)34-6-2)18-10-8-7-9-11-19(18)35-23/h12-13H,5-11,14H2,1-4H3,(H,27,31). The highest BCUT2D eigenvalue weighted by Crippen LogP contribution is 2.38. The number of rotatable bonds is 7. The summed E-state index contributed by atoms with van der Waals surface area (Å²) < 4.78 is 8.21. The summed E-state index contributed by atoms with van der Waals surface area (Å²) in [4.78, 5) is 44.7. The van der Waals surface area contributed by atoms with Gasteiger partial charge in [0.2, 0.25) is 11.9 Å². The Hall–Kier alpha value is -3.27. The average molecular weight is 498 g/mol. The summed E-state index contributed by atoms with van der Waals surface area (Å²) in [5, 5.41) is 7.84. The van der Waals surface area contributed by atoms with Crippen LogP contribution < -0.4 is 10.9 Å². The fourth-order valence-corrected chi connectivity index (χ4v) is 5.72. The minimum atomic E-state index is -0.420. The highest BCUT2D eigenvalue weighted by molar-refractivity contribution is 7.17. The fourth-order valence-electron chi connectivity index (χ4n) is 4.42. The maximum Gasteiger partial charge on any atom is 0.341 e. The largest absolute Gasteiger partial charge is 0.462 e. The zero-order valence-corrected chi connectivity index (χ0v) is 21.5. The lowest BCUT2D eigenvalue weighted by Crippen LogP contribution is -2.32. The number of aromatic nitrogens is 4. The molecule has 0 saturated heterocycles. The van der Waals surface area contributed by atoms with Gasteiger partial charge < -0.3 is 10.1 Å². The highest BCUT2D eigenvalue weighted by Gasteiger charge is 2.27. The van der Waals surface area contributed by atoms with Crippen LogP contribution in [0.2, 0.25) is 0 Å². The van der Waals surface area contributed by atoms with Crippen molar-refractivity contribution in [2.24, 2.45) is 0 Å². The number of aryl methyl sites for hydroxylation is 4. The van der Waals surface area contributed by atoms with Gasteiger partial charge in [0.15, 0.2) is 0 Å². The number of anilines is 1. The van der Waals surface area contributed by atoms with Crippen LogP contribution in [0.25, 0.3) is 5.95 Å². The molecular formula is C25H31N5O4S. The lowest BCUT2D eigenvalue weighted by atomic mass is 10.1. The van der Waals surface area contributed by atoms with Crippen molar-refractivity contribution in [3.05, 3.63) is 55.6 Å². The molecule has 35 heavy (non-hydrogen) atoms. The molecule has 0 aliphatic heterocycles. The lowest BCUT2D eigenvalue weighted by Gasteiger charge is -2.14. The number of amides is 1. The molecule has 3 aromatic heterocycles.